The standard InChI is InChI=1S/C18H36Si/c1-15(2)19(16(3)4,17-11-7-5-8-12-17)18-13-9-6-10-14-18/h15-18H,5-14H2,1-4H3. The van der Waals surface area contributed by atoms with Gasteiger partial charge in [0, 0.05) is 0 Å². The van der Waals surface area contributed by atoms with Crippen LogP contribution in [0.4, 0.5) is 0 Å². The fourth-order valence-corrected chi connectivity index (χ4v) is 14.7. The monoisotopic (exact) mass is 280 g/mol. The SMILES string of the molecule is CC(C)[Si](C(C)C)(C1CCCCC1)C1CCCCC1. The van der Waals surface area contributed by atoms with Gasteiger partial charge in [0.2, 0.25) is 0 Å². The first-order chi connectivity index (χ1) is 9.10. The molecule has 0 N–H and O–H groups in total. The Morgan fingerprint density at radius 3 is 1.16 bits per heavy atom. The predicted octanol–water partition coefficient (Wildman–Crippen LogP) is 6.92. The van der Waals surface area contributed by atoms with E-state index in [0.717, 1.165) is 22.2 Å². The molecule has 2 aliphatic carbocycles. The van der Waals surface area contributed by atoms with Crippen LogP contribution in [-0.4, -0.2) is 8.07 Å². The summed E-state index contributed by atoms with van der Waals surface area (Å²) in [6.07, 6.45) is 15.5. The molecule has 0 radical (unpaired) electrons. The fourth-order valence-electron chi connectivity index (χ4n) is 6.09. The van der Waals surface area contributed by atoms with Crippen molar-refractivity contribution in [2.24, 2.45) is 0 Å². The zero-order valence-electron chi connectivity index (χ0n) is 13.9. The van der Waals surface area contributed by atoms with Crippen molar-refractivity contribution in [3.05, 3.63) is 0 Å². The van der Waals surface area contributed by atoms with Crippen molar-refractivity contribution < 1.29 is 0 Å². The summed E-state index contributed by atoms with van der Waals surface area (Å²) in [7, 11) is -1.15. The van der Waals surface area contributed by atoms with Crippen LogP contribution in [0.1, 0.15) is 91.9 Å². The van der Waals surface area contributed by atoms with Crippen LogP contribution in [0.15, 0.2) is 0 Å². The molecule has 0 atom stereocenters. The Morgan fingerprint density at radius 1 is 0.579 bits per heavy atom. The first-order valence-electron chi connectivity index (χ1n) is 9.10. The molecule has 2 fully saturated rings. The summed E-state index contributed by atoms with van der Waals surface area (Å²) in [5, 5.41) is 0. The lowest BCUT2D eigenvalue weighted by Crippen LogP contribution is -2.51. The lowest BCUT2D eigenvalue weighted by Gasteiger charge is -2.53. The lowest BCUT2D eigenvalue weighted by molar-refractivity contribution is 0.437. The highest BCUT2D eigenvalue weighted by Gasteiger charge is 2.51. The lowest BCUT2D eigenvalue weighted by atomic mass is 9.99. The Kier molecular flexibility index (Phi) is 5.57. The van der Waals surface area contributed by atoms with E-state index in [4.69, 9.17) is 0 Å². The third-order valence-corrected chi connectivity index (χ3v) is 14.6. The van der Waals surface area contributed by atoms with Crippen LogP contribution in [0.3, 0.4) is 0 Å². The van der Waals surface area contributed by atoms with Gasteiger partial charge in [0.15, 0.2) is 0 Å². The van der Waals surface area contributed by atoms with Crippen molar-refractivity contribution in [3.63, 3.8) is 0 Å². The predicted molar refractivity (Wildman–Crippen MR) is 89.6 cm³/mol. The van der Waals surface area contributed by atoms with E-state index in [2.05, 4.69) is 27.7 Å². The summed E-state index contributed by atoms with van der Waals surface area (Å²) in [5.41, 5.74) is 4.31. The van der Waals surface area contributed by atoms with Gasteiger partial charge in [-0.05, 0) is 11.1 Å². The average molecular weight is 281 g/mol. The second kappa shape index (κ2) is 6.78. The van der Waals surface area contributed by atoms with Gasteiger partial charge < -0.3 is 0 Å². The number of hydrogen-bond donors (Lipinski definition) is 0. The van der Waals surface area contributed by atoms with Gasteiger partial charge >= 0.3 is 0 Å². The topological polar surface area (TPSA) is 0 Å². The Hall–Kier alpha value is 0.217. The summed E-state index contributed by atoms with van der Waals surface area (Å²) in [5.74, 6) is 0. The summed E-state index contributed by atoms with van der Waals surface area (Å²) in [6, 6.07) is 0. The van der Waals surface area contributed by atoms with Crippen LogP contribution in [-0.2, 0) is 0 Å². The quantitative estimate of drug-likeness (QED) is 0.490. The van der Waals surface area contributed by atoms with Crippen molar-refractivity contribution in [2.75, 3.05) is 0 Å². The van der Waals surface area contributed by atoms with Crippen molar-refractivity contribution in [1.29, 1.82) is 0 Å². The Labute approximate surface area is 122 Å². The first-order valence-corrected chi connectivity index (χ1v) is 11.4. The maximum absolute atomic E-state index is 2.59. The van der Waals surface area contributed by atoms with E-state index in [1.807, 2.05) is 0 Å². The molecule has 0 unspecified atom stereocenters. The first kappa shape index (κ1) is 15.6. The van der Waals surface area contributed by atoms with Gasteiger partial charge in [0.05, 0.1) is 8.07 Å². The van der Waals surface area contributed by atoms with E-state index in [-0.39, 0.29) is 0 Å². The average Bonchev–Trinajstić information content (AvgIpc) is 2.41. The van der Waals surface area contributed by atoms with Gasteiger partial charge in [-0.2, -0.15) is 0 Å². The van der Waals surface area contributed by atoms with Crippen LogP contribution >= 0.6 is 0 Å². The summed E-state index contributed by atoms with van der Waals surface area (Å²) >= 11 is 0. The molecule has 1 heteroatoms. The maximum Gasteiger partial charge on any atom is 0.0649 e. The fraction of sp³-hybridized carbons (Fsp3) is 1.00. The number of rotatable bonds is 4. The molecule has 0 aromatic rings. The van der Waals surface area contributed by atoms with Crippen LogP contribution in [0.5, 0.6) is 0 Å². The molecule has 112 valence electrons. The summed E-state index contributed by atoms with van der Waals surface area (Å²) in [6.45, 7) is 10.4. The van der Waals surface area contributed by atoms with Crippen LogP contribution in [0.2, 0.25) is 22.2 Å². The summed E-state index contributed by atoms with van der Waals surface area (Å²) < 4.78 is 0. The second-order valence-electron chi connectivity index (χ2n) is 7.98. The molecular weight excluding hydrogens is 244 g/mol. The molecule has 0 bridgehead atoms. The van der Waals surface area contributed by atoms with Gasteiger partial charge in [-0.15, -0.1) is 0 Å². The normalized spacial score (nSPS) is 24.3. The molecule has 19 heavy (non-hydrogen) atoms. The highest BCUT2D eigenvalue weighted by atomic mass is 28.3. The zero-order valence-corrected chi connectivity index (χ0v) is 14.9. The van der Waals surface area contributed by atoms with Crippen LogP contribution < -0.4 is 0 Å². The molecule has 0 aromatic carbocycles. The van der Waals surface area contributed by atoms with Gasteiger partial charge in [0.1, 0.15) is 0 Å². The van der Waals surface area contributed by atoms with E-state index >= 15 is 0 Å². The Bertz CT molecular complexity index is 229. The molecule has 0 heterocycles. The molecule has 0 aromatic heterocycles. The third-order valence-electron chi connectivity index (χ3n) is 6.62. The van der Waals surface area contributed by atoms with Gasteiger partial charge in [-0.3, -0.25) is 0 Å². The van der Waals surface area contributed by atoms with Gasteiger partial charge in [-0.25, -0.2) is 0 Å². The zero-order chi connectivity index (χ0) is 13.9. The van der Waals surface area contributed by atoms with Crippen molar-refractivity contribution >= 4 is 8.07 Å². The maximum atomic E-state index is 2.59. The van der Waals surface area contributed by atoms with E-state index in [1.54, 1.807) is 25.7 Å². The molecule has 0 nitrogen and oxygen atoms in total. The van der Waals surface area contributed by atoms with Crippen LogP contribution in [0.25, 0.3) is 0 Å². The second-order valence-corrected chi connectivity index (χ2v) is 13.9. The minimum absolute atomic E-state index is 0.999. The number of hydrogen-bond acceptors (Lipinski definition) is 0. The molecule has 0 spiro atoms. The van der Waals surface area contributed by atoms with Crippen molar-refractivity contribution in [2.45, 2.75) is 114 Å². The molecule has 2 aliphatic rings. The molecule has 0 amide bonds. The Morgan fingerprint density at radius 2 is 0.895 bits per heavy atom. The molecular formula is C18H36Si. The highest BCUT2D eigenvalue weighted by Crippen LogP contribution is 2.57. The van der Waals surface area contributed by atoms with Crippen molar-refractivity contribution in [3.8, 4) is 0 Å². The molecule has 2 saturated carbocycles. The van der Waals surface area contributed by atoms with Gasteiger partial charge in [-0.1, -0.05) is 103 Å². The van der Waals surface area contributed by atoms with Crippen LogP contribution in [0, 0.1) is 0 Å². The minimum Gasteiger partial charge on any atom is -0.0651 e. The Balaban J connectivity index is 2.28. The van der Waals surface area contributed by atoms with E-state index < -0.39 is 8.07 Å². The summed E-state index contributed by atoms with van der Waals surface area (Å²) in [4.78, 5) is 0. The van der Waals surface area contributed by atoms with E-state index in [1.165, 1.54) is 38.5 Å². The molecule has 0 saturated heterocycles. The molecule has 0 aliphatic heterocycles. The van der Waals surface area contributed by atoms with E-state index in [9.17, 15) is 0 Å². The molecule has 2 rings (SSSR count). The smallest absolute Gasteiger partial charge is 0.0649 e. The largest absolute Gasteiger partial charge is 0.0651 e. The van der Waals surface area contributed by atoms with E-state index in [0.29, 0.717) is 0 Å². The third kappa shape index (κ3) is 2.96. The van der Waals surface area contributed by atoms with Gasteiger partial charge in [0.25, 0.3) is 0 Å². The van der Waals surface area contributed by atoms with Crippen molar-refractivity contribution in [1.82, 2.24) is 0 Å². The minimum atomic E-state index is -1.15. The highest BCUT2D eigenvalue weighted by molar-refractivity contribution is 6.85.